The Hall–Kier alpha value is -8.56. The molecule has 2 heteroatoms. The Morgan fingerprint density at radius 1 is 0.310 bits per heavy atom. The second-order valence-corrected chi connectivity index (χ2v) is 20.3. The van der Waals surface area contributed by atoms with Crippen LogP contribution in [0.15, 0.2) is 261 Å². The molecule has 0 unspecified atom stereocenters. The molecule has 13 rings (SSSR count). The van der Waals surface area contributed by atoms with Gasteiger partial charge >= 0.3 is 0 Å². The van der Waals surface area contributed by atoms with Crippen LogP contribution in [-0.4, -0.2) is 0 Å². The fourth-order valence-corrected chi connectivity index (χ4v) is 12.3. The minimum absolute atomic E-state index is 0.348. The molecule has 0 N–H and O–H groups in total. The van der Waals surface area contributed by atoms with Crippen LogP contribution < -0.4 is 4.90 Å². The van der Waals surface area contributed by atoms with Crippen molar-refractivity contribution in [2.45, 2.75) is 19.3 Å². The van der Waals surface area contributed by atoms with Crippen molar-refractivity contribution in [1.29, 1.82) is 0 Å². The molecule has 0 radical (unpaired) electrons. The normalized spacial score (nSPS) is 12.5. The third kappa shape index (κ3) is 7.39. The Kier molecular flexibility index (Phi) is 10.4. The lowest BCUT2D eigenvalue weighted by molar-refractivity contribution is 0.661. The van der Waals surface area contributed by atoms with E-state index in [0.717, 1.165) is 11.4 Å². The summed E-state index contributed by atoms with van der Waals surface area (Å²) < 4.78 is 2.56. The summed E-state index contributed by atoms with van der Waals surface area (Å²) in [5.74, 6) is 0. The molecule has 12 aromatic rings. The van der Waals surface area contributed by atoms with Crippen molar-refractivity contribution in [3.8, 4) is 77.9 Å². The van der Waals surface area contributed by atoms with E-state index in [4.69, 9.17) is 0 Å². The van der Waals surface area contributed by atoms with Crippen LogP contribution >= 0.6 is 11.3 Å². The number of hydrogen-bond acceptors (Lipinski definition) is 2. The number of rotatable bonds is 9. The third-order valence-electron chi connectivity index (χ3n) is 14.7. The summed E-state index contributed by atoms with van der Waals surface area (Å²) in [6.45, 7) is 4.85. The van der Waals surface area contributed by atoms with Gasteiger partial charge in [0.2, 0.25) is 0 Å². The molecular weight excluding hydrogens is 875 g/mol. The number of fused-ring (bicyclic) bond motifs is 6. The SMILES string of the molecule is CC1(C)c2ccc(-c3ccccc3)cc2-c2c(-c3ccccc3)ccc(N(c3ccc(-c4ccccc4-c4ccccc4)c(-c4ccccc4)c3)c3ccc4sc5ccc(-c6ccccc6)cc5c4c3)c21. The van der Waals surface area contributed by atoms with Crippen LogP contribution in [0.5, 0.6) is 0 Å². The quantitative estimate of drug-likeness (QED) is 0.139. The molecular formula is C69H49NS. The van der Waals surface area contributed by atoms with E-state index in [1.807, 2.05) is 11.3 Å². The average Bonchev–Trinajstić information content (AvgIpc) is 3.93. The summed E-state index contributed by atoms with van der Waals surface area (Å²) in [5.41, 5.74) is 22.8. The zero-order valence-electron chi connectivity index (χ0n) is 39.7. The van der Waals surface area contributed by atoms with Crippen LogP contribution in [0, 0.1) is 0 Å². The molecule has 1 heterocycles. The van der Waals surface area contributed by atoms with Gasteiger partial charge in [0.15, 0.2) is 0 Å². The molecule has 0 saturated heterocycles. The maximum atomic E-state index is 2.56. The van der Waals surface area contributed by atoms with Crippen LogP contribution in [0.3, 0.4) is 0 Å². The first-order chi connectivity index (χ1) is 35.0. The van der Waals surface area contributed by atoms with E-state index in [1.165, 1.54) is 115 Å². The zero-order valence-corrected chi connectivity index (χ0v) is 40.5. The molecule has 0 bridgehead atoms. The summed E-state index contributed by atoms with van der Waals surface area (Å²) in [7, 11) is 0. The van der Waals surface area contributed by atoms with Crippen LogP contribution in [0.25, 0.3) is 98.1 Å². The Balaban J connectivity index is 1.09. The predicted molar refractivity (Wildman–Crippen MR) is 304 cm³/mol. The van der Waals surface area contributed by atoms with Gasteiger partial charge in [-0.2, -0.15) is 0 Å². The number of nitrogens with zero attached hydrogens (tertiary/aromatic N) is 1. The van der Waals surface area contributed by atoms with Gasteiger partial charge in [-0.15, -0.1) is 11.3 Å². The van der Waals surface area contributed by atoms with Crippen molar-refractivity contribution >= 4 is 48.6 Å². The van der Waals surface area contributed by atoms with Gasteiger partial charge in [-0.25, -0.2) is 0 Å². The van der Waals surface area contributed by atoms with Crippen molar-refractivity contribution in [3.05, 3.63) is 272 Å². The van der Waals surface area contributed by atoms with Gasteiger partial charge in [0, 0.05) is 37.0 Å². The Labute approximate surface area is 420 Å². The molecule has 1 aromatic heterocycles. The third-order valence-corrected chi connectivity index (χ3v) is 15.8. The Bertz CT molecular complexity index is 3930. The summed E-state index contributed by atoms with van der Waals surface area (Å²) in [4.78, 5) is 2.56. The van der Waals surface area contributed by atoms with Crippen LogP contribution in [-0.2, 0) is 5.41 Å². The van der Waals surface area contributed by atoms with E-state index in [2.05, 4.69) is 280 Å². The highest BCUT2D eigenvalue weighted by Crippen LogP contribution is 2.58. The summed E-state index contributed by atoms with van der Waals surface area (Å²) >= 11 is 1.87. The van der Waals surface area contributed by atoms with E-state index in [9.17, 15) is 0 Å². The van der Waals surface area contributed by atoms with Crippen LogP contribution in [0.1, 0.15) is 25.0 Å². The molecule has 0 aliphatic heterocycles. The zero-order chi connectivity index (χ0) is 47.5. The monoisotopic (exact) mass is 923 g/mol. The van der Waals surface area contributed by atoms with E-state index >= 15 is 0 Å². The van der Waals surface area contributed by atoms with Crippen molar-refractivity contribution in [3.63, 3.8) is 0 Å². The molecule has 0 spiro atoms. The van der Waals surface area contributed by atoms with Crippen molar-refractivity contribution in [1.82, 2.24) is 0 Å². The lowest BCUT2D eigenvalue weighted by Crippen LogP contribution is -2.21. The first-order valence-electron chi connectivity index (χ1n) is 24.6. The fraction of sp³-hybridized carbons (Fsp3) is 0.0435. The standard InChI is InChI=1S/C69H49NS/c1-69(2)63-38-32-51(46-20-8-3-9-21-46)43-62(63)67-56(49-26-14-6-15-27-49)37-39-64(68(67)69)70(54-35-41-66-61(45-54)60-42-52(33-40-65(60)71-66)47-22-10-4-11-23-47)53-34-36-58(59(44-53)50-28-16-7-17-29-50)57-31-19-18-30-55(57)48-24-12-5-13-25-48/h3-45H,1-2H3. The first-order valence-corrected chi connectivity index (χ1v) is 25.4. The van der Waals surface area contributed by atoms with Gasteiger partial charge in [-0.3, -0.25) is 0 Å². The highest BCUT2D eigenvalue weighted by molar-refractivity contribution is 7.25. The molecule has 0 fully saturated rings. The number of hydrogen-bond donors (Lipinski definition) is 0. The van der Waals surface area contributed by atoms with Crippen molar-refractivity contribution in [2.75, 3.05) is 4.90 Å². The molecule has 71 heavy (non-hydrogen) atoms. The van der Waals surface area contributed by atoms with Gasteiger partial charge in [-0.1, -0.05) is 220 Å². The second kappa shape index (κ2) is 17.4. The number of anilines is 3. The Morgan fingerprint density at radius 2 is 0.761 bits per heavy atom. The number of thiophene rings is 1. The molecule has 1 aliphatic rings. The minimum atomic E-state index is -0.348. The minimum Gasteiger partial charge on any atom is -0.310 e. The highest BCUT2D eigenvalue weighted by atomic mass is 32.1. The smallest absolute Gasteiger partial charge is 0.0509 e. The van der Waals surface area contributed by atoms with Gasteiger partial charge in [-0.05, 0) is 144 Å². The predicted octanol–water partition coefficient (Wildman–Crippen LogP) is 19.8. The summed E-state index contributed by atoms with van der Waals surface area (Å²) in [5, 5.41) is 2.53. The van der Waals surface area contributed by atoms with E-state index in [-0.39, 0.29) is 5.41 Å². The van der Waals surface area contributed by atoms with E-state index in [1.54, 1.807) is 0 Å². The van der Waals surface area contributed by atoms with E-state index < -0.39 is 0 Å². The van der Waals surface area contributed by atoms with Gasteiger partial charge in [0.25, 0.3) is 0 Å². The lowest BCUT2D eigenvalue weighted by Gasteiger charge is -2.33. The van der Waals surface area contributed by atoms with E-state index in [0.29, 0.717) is 0 Å². The lowest BCUT2D eigenvalue weighted by atomic mass is 9.80. The first kappa shape index (κ1) is 42.5. The Morgan fingerprint density at radius 3 is 1.39 bits per heavy atom. The van der Waals surface area contributed by atoms with Gasteiger partial charge in [0.1, 0.15) is 0 Å². The molecule has 0 atom stereocenters. The molecule has 336 valence electrons. The molecule has 0 saturated carbocycles. The van der Waals surface area contributed by atoms with Gasteiger partial charge in [0.05, 0.1) is 5.69 Å². The molecule has 11 aromatic carbocycles. The highest BCUT2D eigenvalue weighted by Gasteiger charge is 2.41. The summed E-state index contributed by atoms with van der Waals surface area (Å²) in [6, 6.07) is 96.3. The van der Waals surface area contributed by atoms with Crippen molar-refractivity contribution < 1.29 is 0 Å². The number of benzene rings is 11. The maximum Gasteiger partial charge on any atom is 0.0509 e. The topological polar surface area (TPSA) is 3.24 Å². The fourth-order valence-electron chi connectivity index (χ4n) is 11.3. The van der Waals surface area contributed by atoms with Crippen LogP contribution in [0.2, 0.25) is 0 Å². The maximum absolute atomic E-state index is 2.56. The molecule has 1 nitrogen and oxygen atoms in total. The van der Waals surface area contributed by atoms with Gasteiger partial charge < -0.3 is 4.90 Å². The molecule has 0 amide bonds. The summed E-state index contributed by atoms with van der Waals surface area (Å²) in [6.07, 6.45) is 0. The molecule has 1 aliphatic carbocycles. The largest absolute Gasteiger partial charge is 0.310 e. The van der Waals surface area contributed by atoms with Crippen molar-refractivity contribution in [2.24, 2.45) is 0 Å². The second-order valence-electron chi connectivity index (χ2n) is 19.2. The average molecular weight is 924 g/mol. The van der Waals surface area contributed by atoms with Crippen LogP contribution in [0.4, 0.5) is 17.1 Å².